The predicted octanol–water partition coefficient (Wildman–Crippen LogP) is 3.26. The normalized spacial score (nSPS) is 15.1. The highest BCUT2D eigenvalue weighted by atomic mass is 16.2. The molecule has 0 saturated heterocycles. The highest BCUT2D eigenvalue weighted by Gasteiger charge is 2.14. The van der Waals surface area contributed by atoms with Gasteiger partial charge in [-0.05, 0) is 43.9 Å². The molecule has 2 aromatic carbocycles. The van der Waals surface area contributed by atoms with E-state index in [1.807, 2.05) is 43.3 Å². The van der Waals surface area contributed by atoms with Gasteiger partial charge in [-0.15, -0.1) is 0 Å². The summed E-state index contributed by atoms with van der Waals surface area (Å²) in [6.07, 6.45) is 3.06. The van der Waals surface area contributed by atoms with Crippen LogP contribution in [0.4, 0.5) is 5.69 Å². The van der Waals surface area contributed by atoms with Crippen LogP contribution in [0.2, 0.25) is 0 Å². The zero-order valence-corrected chi connectivity index (χ0v) is 13.3. The molecular weight excluding hydrogens is 286 g/mol. The van der Waals surface area contributed by atoms with Gasteiger partial charge in [-0.2, -0.15) is 5.10 Å². The number of fused-ring (bicyclic) bond motifs is 1. The second-order valence-electron chi connectivity index (χ2n) is 5.82. The predicted molar refractivity (Wildman–Crippen MR) is 93.7 cm³/mol. The van der Waals surface area contributed by atoms with Crippen LogP contribution in [0.3, 0.4) is 0 Å². The lowest BCUT2D eigenvalue weighted by Gasteiger charge is -2.17. The molecule has 4 nitrogen and oxygen atoms in total. The molecule has 1 aliphatic rings. The second-order valence-corrected chi connectivity index (χ2v) is 5.82. The number of aryl methyl sites for hydroxylation is 2. The van der Waals surface area contributed by atoms with E-state index in [0.29, 0.717) is 0 Å². The number of hydrogen-bond donors (Lipinski definition) is 2. The highest BCUT2D eigenvalue weighted by molar-refractivity contribution is 6.03. The first-order valence-corrected chi connectivity index (χ1v) is 7.96. The van der Waals surface area contributed by atoms with Crippen molar-refractivity contribution in [3.63, 3.8) is 0 Å². The smallest absolute Gasteiger partial charge is 0.259 e. The Hall–Kier alpha value is -2.62. The van der Waals surface area contributed by atoms with Crippen molar-refractivity contribution in [2.75, 3.05) is 11.9 Å². The number of hydrogen-bond acceptors (Lipinski definition) is 3. The summed E-state index contributed by atoms with van der Waals surface area (Å²) in [7, 11) is 0. The molecule has 0 aromatic heterocycles. The van der Waals surface area contributed by atoms with Crippen molar-refractivity contribution in [3.8, 4) is 0 Å². The molecule has 0 bridgehead atoms. The molecule has 0 atom stereocenters. The van der Waals surface area contributed by atoms with Gasteiger partial charge in [0.2, 0.25) is 0 Å². The van der Waals surface area contributed by atoms with Crippen LogP contribution >= 0.6 is 0 Å². The van der Waals surface area contributed by atoms with Gasteiger partial charge in [-0.3, -0.25) is 4.79 Å². The molecule has 2 N–H and O–H groups in total. The average Bonchev–Trinajstić information content (AvgIpc) is 2.59. The molecule has 0 heterocycles. The van der Waals surface area contributed by atoms with E-state index < -0.39 is 0 Å². The van der Waals surface area contributed by atoms with E-state index in [1.54, 1.807) is 0 Å². The molecule has 3 rings (SSSR count). The van der Waals surface area contributed by atoms with Gasteiger partial charge in [0.05, 0.1) is 12.3 Å². The Morgan fingerprint density at radius 2 is 1.87 bits per heavy atom. The van der Waals surface area contributed by atoms with Crippen LogP contribution in [0.5, 0.6) is 0 Å². The zero-order valence-electron chi connectivity index (χ0n) is 13.3. The van der Waals surface area contributed by atoms with Crippen LogP contribution in [-0.2, 0) is 11.2 Å². The molecule has 118 valence electrons. The molecule has 0 aliphatic heterocycles. The summed E-state index contributed by atoms with van der Waals surface area (Å²) in [5, 5.41) is 7.43. The van der Waals surface area contributed by atoms with Gasteiger partial charge in [0.1, 0.15) is 0 Å². The van der Waals surface area contributed by atoms with Crippen molar-refractivity contribution in [3.05, 3.63) is 65.2 Å². The summed E-state index contributed by atoms with van der Waals surface area (Å²) >= 11 is 0. The Balaban J connectivity index is 1.57. The van der Waals surface area contributed by atoms with Gasteiger partial charge in [-0.25, -0.2) is 5.43 Å². The summed E-state index contributed by atoms with van der Waals surface area (Å²) in [6, 6.07) is 16.2. The van der Waals surface area contributed by atoms with Gasteiger partial charge < -0.3 is 5.32 Å². The first-order valence-electron chi connectivity index (χ1n) is 7.96. The number of nitrogens with zero attached hydrogens (tertiary/aromatic N) is 1. The molecule has 0 saturated carbocycles. The average molecular weight is 307 g/mol. The maximum Gasteiger partial charge on any atom is 0.259 e. The van der Waals surface area contributed by atoms with Crippen LogP contribution in [0, 0.1) is 6.92 Å². The number of carbonyl (C=O) groups is 1. The number of benzene rings is 2. The lowest BCUT2D eigenvalue weighted by Crippen LogP contribution is -2.27. The molecule has 0 unspecified atom stereocenters. The maximum absolute atomic E-state index is 12.0. The SMILES string of the molecule is Cc1ccc(NCC(=O)N/N=C2\CCCc3ccccc32)cc1. The number of anilines is 1. The molecule has 1 aliphatic carbocycles. The van der Waals surface area contributed by atoms with E-state index in [9.17, 15) is 4.79 Å². The van der Waals surface area contributed by atoms with E-state index in [-0.39, 0.29) is 12.5 Å². The standard InChI is InChI=1S/C19H21N3O/c1-14-9-11-16(12-10-14)20-13-19(23)22-21-18-8-4-6-15-5-2-3-7-17(15)18/h2-3,5,7,9-12,20H,4,6,8,13H2,1H3,(H,22,23)/b21-18+. The third-order valence-corrected chi connectivity index (χ3v) is 4.01. The van der Waals surface area contributed by atoms with Crippen molar-refractivity contribution in [2.24, 2.45) is 5.10 Å². The summed E-state index contributed by atoms with van der Waals surface area (Å²) in [5.41, 5.74) is 8.23. The number of nitrogens with one attached hydrogen (secondary N) is 2. The fraction of sp³-hybridized carbons (Fsp3) is 0.263. The Morgan fingerprint density at radius 3 is 2.70 bits per heavy atom. The van der Waals surface area contributed by atoms with Gasteiger partial charge >= 0.3 is 0 Å². The largest absolute Gasteiger partial charge is 0.376 e. The van der Waals surface area contributed by atoms with E-state index >= 15 is 0 Å². The number of amides is 1. The Morgan fingerprint density at radius 1 is 1.09 bits per heavy atom. The molecule has 4 heteroatoms. The summed E-state index contributed by atoms with van der Waals surface area (Å²) < 4.78 is 0. The topological polar surface area (TPSA) is 53.5 Å². The quantitative estimate of drug-likeness (QED) is 0.852. The lowest BCUT2D eigenvalue weighted by molar-refractivity contribution is -0.119. The van der Waals surface area contributed by atoms with Crippen LogP contribution in [-0.4, -0.2) is 18.2 Å². The zero-order chi connectivity index (χ0) is 16.1. The van der Waals surface area contributed by atoms with E-state index in [4.69, 9.17) is 0 Å². The monoisotopic (exact) mass is 307 g/mol. The van der Waals surface area contributed by atoms with Crippen molar-refractivity contribution < 1.29 is 4.79 Å². The third kappa shape index (κ3) is 3.97. The second kappa shape index (κ2) is 7.09. The number of rotatable bonds is 4. The first kappa shape index (κ1) is 15.3. The fourth-order valence-corrected chi connectivity index (χ4v) is 2.74. The van der Waals surface area contributed by atoms with E-state index in [1.165, 1.54) is 11.1 Å². The van der Waals surface area contributed by atoms with E-state index in [2.05, 4.69) is 28.0 Å². The summed E-state index contributed by atoms with van der Waals surface area (Å²) in [6.45, 7) is 2.25. The molecule has 2 aromatic rings. The van der Waals surface area contributed by atoms with Crippen LogP contribution in [0.25, 0.3) is 0 Å². The Labute approximate surface area is 136 Å². The summed E-state index contributed by atoms with van der Waals surface area (Å²) in [4.78, 5) is 12.0. The van der Waals surface area contributed by atoms with Crippen molar-refractivity contribution in [2.45, 2.75) is 26.2 Å². The minimum Gasteiger partial charge on any atom is -0.376 e. The first-order chi connectivity index (χ1) is 11.2. The molecule has 0 fully saturated rings. The van der Waals surface area contributed by atoms with Gasteiger partial charge in [0, 0.05) is 11.3 Å². The molecule has 0 spiro atoms. The summed E-state index contributed by atoms with van der Waals surface area (Å²) in [5.74, 6) is -0.138. The van der Waals surface area contributed by atoms with Crippen LogP contribution in [0.1, 0.15) is 29.5 Å². The molecule has 1 amide bonds. The Bertz CT molecular complexity index is 720. The van der Waals surface area contributed by atoms with Gasteiger partial charge in [0.25, 0.3) is 5.91 Å². The van der Waals surface area contributed by atoms with Crippen LogP contribution in [0.15, 0.2) is 53.6 Å². The lowest BCUT2D eigenvalue weighted by atomic mass is 9.90. The minimum absolute atomic E-state index is 0.138. The van der Waals surface area contributed by atoms with Crippen molar-refractivity contribution in [1.82, 2.24) is 5.43 Å². The number of hydrazone groups is 1. The molecule has 0 radical (unpaired) electrons. The van der Waals surface area contributed by atoms with Gasteiger partial charge in [0.15, 0.2) is 0 Å². The number of carbonyl (C=O) groups excluding carboxylic acids is 1. The fourth-order valence-electron chi connectivity index (χ4n) is 2.74. The van der Waals surface area contributed by atoms with Crippen molar-refractivity contribution >= 4 is 17.3 Å². The van der Waals surface area contributed by atoms with Crippen LogP contribution < -0.4 is 10.7 Å². The van der Waals surface area contributed by atoms with E-state index in [0.717, 1.165) is 36.2 Å². The maximum atomic E-state index is 12.0. The Kier molecular flexibility index (Phi) is 4.71. The molecular formula is C19H21N3O. The molecule has 23 heavy (non-hydrogen) atoms. The highest BCUT2D eigenvalue weighted by Crippen LogP contribution is 2.21. The van der Waals surface area contributed by atoms with Crippen molar-refractivity contribution in [1.29, 1.82) is 0 Å². The third-order valence-electron chi connectivity index (χ3n) is 4.01. The minimum atomic E-state index is -0.138. The van der Waals surface area contributed by atoms with Gasteiger partial charge in [-0.1, -0.05) is 42.0 Å².